The Kier molecular flexibility index (Phi) is 8.97. The number of rotatable bonds is 7. The van der Waals surface area contributed by atoms with Crippen molar-refractivity contribution in [3.05, 3.63) is 101 Å². The van der Waals surface area contributed by atoms with Crippen LogP contribution >= 0.6 is 0 Å². The van der Waals surface area contributed by atoms with Gasteiger partial charge < -0.3 is 9.80 Å². The fourth-order valence-electron chi connectivity index (χ4n) is 6.15. The number of piperidine rings is 1. The Labute approximate surface area is 239 Å². The number of anilines is 1. The van der Waals surface area contributed by atoms with E-state index >= 15 is 0 Å². The lowest BCUT2D eigenvalue weighted by atomic mass is 9.96. The molecule has 3 aromatic carbocycles. The lowest BCUT2D eigenvalue weighted by molar-refractivity contribution is -0.138. The Morgan fingerprint density at radius 3 is 1.78 bits per heavy atom. The predicted molar refractivity (Wildman–Crippen MR) is 152 cm³/mol. The predicted octanol–water partition coefficient (Wildman–Crippen LogP) is 6.42. The summed E-state index contributed by atoms with van der Waals surface area (Å²) in [5.74, 6) is -0.664. The van der Waals surface area contributed by atoms with E-state index in [1.165, 1.54) is 30.3 Å². The van der Waals surface area contributed by atoms with E-state index in [-0.39, 0.29) is 24.2 Å². The summed E-state index contributed by atoms with van der Waals surface area (Å²) in [6.45, 7) is 4.23. The van der Waals surface area contributed by atoms with Crippen molar-refractivity contribution in [2.45, 2.75) is 37.6 Å². The normalized spacial score (nSPS) is 18.0. The third-order valence-electron chi connectivity index (χ3n) is 8.49. The van der Waals surface area contributed by atoms with Gasteiger partial charge in [0, 0.05) is 57.5 Å². The highest BCUT2D eigenvalue weighted by Gasteiger charge is 2.35. The zero-order valence-electron chi connectivity index (χ0n) is 23.5. The Morgan fingerprint density at radius 1 is 0.756 bits per heavy atom. The first-order chi connectivity index (χ1) is 19.6. The molecule has 2 saturated heterocycles. The molecule has 0 atom stereocenters. The molecule has 220 valence electrons. The fraction of sp³-hybridized carbons (Fsp3) is 0.438. The van der Waals surface area contributed by atoms with E-state index in [2.05, 4.69) is 33.7 Å². The number of hydrogen-bond donors (Lipinski definition) is 0. The van der Waals surface area contributed by atoms with Crippen molar-refractivity contribution in [2.75, 3.05) is 58.3 Å². The minimum absolute atomic E-state index is 0.211. The lowest BCUT2D eigenvalue weighted by Crippen LogP contribution is -2.47. The maximum absolute atomic E-state index is 14.0. The molecule has 0 bridgehead atoms. The first kappa shape index (κ1) is 29.5. The van der Waals surface area contributed by atoms with Crippen molar-refractivity contribution in [1.82, 2.24) is 14.7 Å². The van der Waals surface area contributed by atoms with Crippen LogP contribution in [-0.4, -0.2) is 74.1 Å². The van der Waals surface area contributed by atoms with E-state index in [0.717, 1.165) is 42.7 Å². The van der Waals surface area contributed by atoms with E-state index in [4.69, 9.17) is 0 Å². The monoisotopic (exact) mass is 572 g/mol. The summed E-state index contributed by atoms with van der Waals surface area (Å²) >= 11 is 0. The Morgan fingerprint density at radius 2 is 1.29 bits per heavy atom. The van der Waals surface area contributed by atoms with Crippen molar-refractivity contribution in [2.24, 2.45) is 0 Å². The number of hydrogen-bond acceptors (Lipinski definition) is 4. The number of alkyl halides is 3. The second kappa shape index (κ2) is 12.5. The standard InChI is InChI=1S/C32H37F5N4/c1-38(2)28-13-15-40(16-14-28)29-11-12-30(32(35,36)37)25(21-29)22-39-17-19-41(20-18-39)31(23-3-7-26(33)8-4-23)24-5-9-27(34)10-6-24/h3-12,21,28,31H,13-20,22H2,1-2H3. The molecule has 9 heteroatoms. The second-order valence-corrected chi connectivity index (χ2v) is 11.3. The van der Waals surface area contributed by atoms with Crippen LogP contribution in [0.25, 0.3) is 0 Å². The molecule has 4 nitrogen and oxygen atoms in total. The average Bonchev–Trinajstić information content (AvgIpc) is 2.95. The molecule has 2 heterocycles. The van der Waals surface area contributed by atoms with Crippen molar-refractivity contribution in [3.8, 4) is 0 Å². The van der Waals surface area contributed by atoms with Gasteiger partial charge in [-0.05, 0) is 86.1 Å². The molecular weight excluding hydrogens is 535 g/mol. The van der Waals surface area contributed by atoms with Gasteiger partial charge in [0.25, 0.3) is 0 Å². The smallest absolute Gasteiger partial charge is 0.371 e. The third kappa shape index (κ3) is 7.08. The maximum Gasteiger partial charge on any atom is 0.416 e. The molecule has 5 rings (SSSR count). The molecule has 0 spiro atoms. The van der Waals surface area contributed by atoms with Gasteiger partial charge in [0.05, 0.1) is 11.6 Å². The first-order valence-electron chi connectivity index (χ1n) is 14.2. The number of halogens is 5. The van der Waals surface area contributed by atoms with Gasteiger partial charge in [-0.3, -0.25) is 9.80 Å². The van der Waals surface area contributed by atoms with Crippen LogP contribution in [0.15, 0.2) is 66.7 Å². The Hall–Kier alpha value is -3.01. The van der Waals surface area contributed by atoms with Crippen LogP contribution < -0.4 is 4.90 Å². The average molecular weight is 573 g/mol. The SMILES string of the molecule is CN(C)C1CCN(c2ccc(C(F)(F)F)c(CN3CCN(C(c4ccc(F)cc4)c4ccc(F)cc4)CC3)c2)CC1. The van der Waals surface area contributed by atoms with Gasteiger partial charge in [-0.15, -0.1) is 0 Å². The Balaban J connectivity index is 1.31. The molecule has 0 aliphatic carbocycles. The molecule has 0 saturated carbocycles. The molecule has 0 N–H and O–H groups in total. The zero-order valence-corrected chi connectivity index (χ0v) is 23.5. The summed E-state index contributed by atoms with van der Waals surface area (Å²) in [6, 6.07) is 17.4. The molecule has 41 heavy (non-hydrogen) atoms. The first-order valence-corrected chi connectivity index (χ1v) is 14.2. The minimum Gasteiger partial charge on any atom is -0.371 e. The quantitative estimate of drug-likeness (QED) is 0.303. The summed E-state index contributed by atoms with van der Waals surface area (Å²) in [7, 11) is 4.13. The van der Waals surface area contributed by atoms with Crippen LogP contribution in [0.2, 0.25) is 0 Å². The van der Waals surface area contributed by atoms with Crippen molar-refractivity contribution >= 4 is 5.69 Å². The van der Waals surface area contributed by atoms with Gasteiger partial charge in [-0.1, -0.05) is 24.3 Å². The number of nitrogens with zero attached hydrogens (tertiary/aromatic N) is 4. The summed E-state index contributed by atoms with van der Waals surface area (Å²) in [4.78, 5) is 8.70. The third-order valence-corrected chi connectivity index (χ3v) is 8.49. The molecule has 2 fully saturated rings. The van der Waals surface area contributed by atoms with Crippen LogP contribution in [0.1, 0.15) is 41.1 Å². The highest BCUT2D eigenvalue weighted by atomic mass is 19.4. The van der Waals surface area contributed by atoms with E-state index in [0.29, 0.717) is 37.8 Å². The molecule has 0 unspecified atom stereocenters. The van der Waals surface area contributed by atoms with Crippen molar-refractivity contribution < 1.29 is 22.0 Å². The lowest BCUT2D eigenvalue weighted by Gasteiger charge is -2.40. The molecule has 0 aromatic heterocycles. The molecule has 0 amide bonds. The maximum atomic E-state index is 14.0. The molecule has 2 aliphatic heterocycles. The van der Waals surface area contributed by atoms with Crippen molar-refractivity contribution in [1.29, 1.82) is 0 Å². The zero-order chi connectivity index (χ0) is 29.1. The molecular formula is C32H37F5N4. The van der Waals surface area contributed by atoms with Gasteiger partial charge in [-0.25, -0.2) is 8.78 Å². The fourth-order valence-corrected chi connectivity index (χ4v) is 6.15. The highest BCUT2D eigenvalue weighted by Crippen LogP contribution is 2.36. The summed E-state index contributed by atoms with van der Waals surface area (Å²) < 4.78 is 69.4. The van der Waals surface area contributed by atoms with E-state index in [9.17, 15) is 22.0 Å². The molecule has 3 aromatic rings. The largest absolute Gasteiger partial charge is 0.416 e. The van der Waals surface area contributed by atoms with Gasteiger partial charge in [0.2, 0.25) is 0 Å². The van der Waals surface area contributed by atoms with Crippen molar-refractivity contribution in [3.63, 3.8) is 0 Å². The molecule has 0 radical (unpaired) electrons. The van der Waals surface area contributed by atoms with E-state index in [1.54, 1.807) is 36.4 Å². The van der Waals surface area contributed by atoms with Gasteiger partial charge in [-0.2, -0.15) is 13.2 Å². The minimum atomic E-state index is -4.43. The molecule has 2 aliphatic rings. The van der Waals surface area contributed by atoms with Crippen LogP contribution in [-0.2, 0) is 12.7 Å². The number of benzene rings is 3. The summed E-state index contributed by atoms with van der Waals surface area (Å²) in [5, 5.41) is 0. The van der Waals surface area contributed by atoms with Crippen LogP contribution in [0, 0.1) is 11.6 Å². The van der Waals surface area contributed by atoms with E-state index in [1.807, 2.05) is 0 Å². The van der Waals surface area contributed by atoms with Gasteiger partial charge in [0.15, 0.2) is 0 Å². The van der Waals surface area contributed by atoms with Gasteiger partial charge in [0.1, 0.15) is 11.6 Å². The Bertz CT molecular complexity index is 1230. The second-order valence-electron chi connectivity index (χ2n) is 11.3. The van der Waals surface area contributed by atoms with Crippen LogP contribution in [0.3, 0.4) is 0 Å². The van der Waals surface area contributed by atoms with Crippen LogP contribution in [0.4, 0.5) is 27.6 Å². The highest BCUT2D eigenvalue weighted by molar-refractivity contribution is 5.52. The topological polar surface area (TPSA) is 13.0 Å². The summed E-state index contributed by atoms with van der Waals surface area (Å²) in [5.41, 5.74) is 2.33. The van der Waals surface area contributed by atoms with Gasteiger partial charge >= 0.3 is 6.18 Å². The van der Waals surface area contributed by atoms with E-state index < -0.39 is 11.7 Å². The number of piperazine rings is 1. The summed E-state index contributed by atoms with van der Waals surface area (Å²) in [6.07, 6.45) is -2.47. The van der Waals surface area contributed by atoms with Crippen LogP contribution in [0.5, 0.6) is 0 Å².